The van der Waals surface area contributed by atoms with Crippen LogP contribution < -0.4 is 0 Å². The van der Waals surface area contributed by atoms with E-state index >= 15 is 0 Å². The van der Waals surface area contributed by atoms with E-state index < -0.39 is 0 Å². The lowest BCUT2D eigenvalue weighted by Crippen LogP contribution is -2.42. The first-order valence-electron chi connectivity index (χ1n) is 8.34. The molecule has 0 aliphatic carbocycles. The quantitative estimate of drug-likeness (QED) is 0.722. The molecule has 1 aliphatic heterocycles. The Balaban J connectivity index is 1.54. The minimum atomic E-state index is -0.265. The van der Waals surface area contributed by atoms with Crippen molar-refractivity contribution in [1.82, 2.24) is 24.8 Å². The van der Waals surface area contributed by atoms with Crippen LogP contribution in [0.2, 0.25) is 0 Å². The van der Waals surface area contributed by atoms with Gasteiger partial charge in [0.1, 0.15) is 12.4 Å². The number of rotatable bonds is 3. The first kappa shape index (κ1) is 16.3. The molecule has 0 spiro atoms. The lowest BCUT2D eigenvalue weighted by atomic mass is 10.1. The van der Waals surface area contributed by atoms with Crippen LogP contribution in [0.5, 0.6) is 0 Å². The van der Waals surface area contributed by atoms with Gasteiger partial charge in [0, 0.05) is 42.5 Å². The highest BCUT2D eigenvalue weighted by Gasteiger charge is 2.27. The molecule has 1 atom stereocenters. The van der Waals surface area contributed by atoms with Gasteiger partial charge in [0.2, 0.25) is 0 Å². The summed E-state index contributed by atoms with van der Waals surface area (Å²) in [5, 5.41) is 0. The summed E-state index contributed by atoms with van der Waals surface area (Å²) in [5.74, 6) is -0.0201. The molecule has 7 heteroatoms. The summed E-state index contributed by atoms with van der Waals surface area (Å²) in [6.07, 6.45) is 7.91. The van der Waals surface area contributed by atoms with Crippen molar-refractivity contribution in [3.63, 3.8) is 0 Å². The van der Waals surface area contributed by atoms with Crippen LogP contribution in [0.3, 0.4) is 0 Å². The summed E-state index contributed by atoms with van der Waals surface area (Å²) in [7, 11) is 0. The molecule has 0 saturated carbocycles. The third-order valence-electron chi connectivity index (χ3n) is 4.24. The van der Waals surface area contributed by atoms with Gasteiger partial charge in [0.15, 0.2) is 0 Å². The molecule has 1 fully saturated rings. The summed E-state index contributed by atoms with van der Waals surface area (Å²) in [4.78, 5) is 31.2. The van der Waals surface area contributed by atoms with E-state index in [4.69, 9.17) is 4.74 Å². The summed E-state index contributed by atoms with van der Waals surface area (Å²) >= 11 is 0. The molecule has 0 unspecified atom stereocenters. The number of hydrogen-bond acceptors (Lipinski definition) is 6. The summed E-state index contributed by atoms with van der Waals surface area (Å²) in [5.41, 5.74) is 3.04. The van der Waals surface area contributed by atoms with Gasteiger partial charge in [-0.1, -0.05) is 6.07 Å². The molecule has 130 valence electrons. The van der Waals surface area contributed by atoms with E-state index in [-0.39, 0.29) is 12.0 Å². The smallest absolute Gasteiger partial charge is 0.254 e. The van der Waals surface area contributed by atoms with Gasteiger partial charge in [-0.25, -0.2) is 15.0 Å². The van der Waals surface area contributed by atoms with Gasteiger partial charge in [-0.2, -0.15) is 0 Å². The number of aromatic nitrogens is 4. The van der Waals surface area contributed by atoms with Crippen LogP contribution >= 0.6 is 0 Å². The predicted molar refractivity (Wildman–Crippen MR) is 94.1 cm³/mol. The Morgan fingerprint density at radius 3 is 2.69 bits per heavy atom. The van der Waals surface area contributed by atoms with Crippen molar-refractivity contribution in [1.29, 1.82) is 0 Å². The second-order valence-electron chi connectivity index (χ2n) is 5.92. The van der Waals surface area contributed by atoms with Gasteiger partial charge in [-0.3, -0.25) is 9.78 Å². The fourth-order valence-corrected chi connectivity index (χ4v) is 2.91. The van der Waals surface area contributed by atoms with Crippen molar-refractivity contribution < 1.29 is 9.53 Å². The molecule has 1 aliphatic rings. The molecule has 4 rings (SSSR count). The van der Waals surface area contributed by atoms with Crippen molar-refractivity contribution >= 4 is 5.91 Å². The third kappa shape index (κ3) is 3.43. The molecule has 26 heavy (non-hydrogen) atoms. The van der Waals surface area contributed by atoms with Gasteiger partial charge >= 0.3 is 0 Å². The Morgan fingerprint density at radius 1 is 1.08 bits per heavy atom. The van der Waals surface area contributed by atoms with E-state index in [0.29, 0.717) is 25.3 Å². The highest BCUT2D eigenvalue weighted by Crippen LogP contribution is 2.24. The van der Waals surface area contributed by atoms with Crippen LogP contribution in [0, 0.1) is 0 Å². The van der Waals surface area contributed by atoms with E-state index in [1.165, 1.54) is 6.33 Å². The summed E-state index contributed by atoms with van der Waals surface area (Å²) in [6, 6.07) is 9.20. The highest BCUT2D eigenvalue weighted by molar-refractivity contribution is 5.94. The van der Waals surface area contributed by atoms with Crippen molar-refractivity contribution in [3.05, 3.63) is 72.7 Å². The number of amides is 1. The standard InChI is InChI=1S/C19H17N5O2/c25-19(14-4-6-20-7-5-14)24-8-9-26-18(12-24)17-3-1-2-16(23-17)15-10-21-13-22-11-15/h1-7,10-11,13,18H,8-9,12H2/t18-/m1/s1. The molecule has 3 aromatic rings. The average molecular weight is 347 g/mol. The Kier molecular flexibility index (Phi) is 4.61. The maximum atomic E-state index is 12.7. The van der Waals surface area contributed by atoms with Crippen LogP contribution in [-0.4, -0.2) is 50.4 Å². The molecule has 1 amide bonds. The zero-order valence-electron chi connectivity index (χ0n) is 14.0. The minimum absolute atomic E-state index is 0.0201. The van der Waals surface area contributed by atoms with E-state index in [2.05, 4.69) is 19.9 Å². The summed E-state index contributed by atoms with van der Waals surface area (Å²) < 4.78 is 5.87. The van der Waals surface area contributed by atoms with Crippen molar-refractivity contribution in [2.45, 2.75) is 6.10 Å². The third-order valence-corrected chi connectivity index (χ3v) is 4.24. The molecular weight excluding hydrogens is 330 g/mol. The number of ether oxygens (including phenoxy) is 1. The van der Waals surface area contributed by atoms with Gasteiger partial charge in [0.05, 0.1) is 24.5 Å². The van der Waals surface area contributed by atoms with Crippen LogP contribution in [0.15, 0.2) is 61.4 Å². The number of hydrogen-bond donors (Lipinski definition) is 0. The maximum absolute atomic E-state index is 12.7. The molecular formula is C19H17N5O2. The van der Waals surface area contributed by atoms with E-state index in [1.54, 1.807) is 41.8 Å². The SMILES string of the molecule is O=C(c1ccncc1)N1CCO[C@@H](c2cccc(-c3cncnc3)n2)C1. The predicted octanol–water partition coefficient (Wildman–Crippen LogP) is 2.15. The molecule has 0 aromatic carbocycles. The number of pyridine rings is 2. The monoisotopic (exact) mass is 347 g/mol. The van der Waals surface area contributed by atoms with Crippen molar-refractivity contribution in [2.24, 2.45) is 0 Å². The van der Waals surface area contributed by atoms with Crippen LogP contribution in [-0.2, 0) is 4.74 Å². The molecule has 0 N–H and O–H groups in total. The minimum Gasteiger partial charge on any atom is -0.368 e. The molecule has 7 nitrogen and oxygen atoms in total. The lowest BCUT2D eigenvalue weighted by molar-refractivity contribution is -0.0246. The largest absolute Gasteiger partial charge is 0.368 e. The molecule has 3 aromatic heterocycles. The van der Waals surface area contributed by atoms with Crippen LogP contribution in [0.25, 0.3) is 11.3 Å². The van der Waals surface area contributed by atoms with Crippen LogP contribution in [0.4, 0.5) is 0 Å². The fraction of sp³-hybridized carbons (Fsp3) is 0.211. The zero-order valence-corrected chi connectivity index (χ0v) is 14.0. The Morgan fingerprint density at radius 2 is 1.88 bits per heavy atom. The van der Waals surface area contributed by atoms with Crippen LogP contribution in [0.1, 0.15) is 22.2 Å². The highest BCUT2D eigenvalue weighted by atomic mass is 16.5. The molecule has 1 saturated heterocycles. The molecule has 0 radical (unpaired) electrons. The van der Waals surface area contributed by atoms with E-state index in [9.17, 15) is 4.79 Å². The molecule has 0 bridgehead atoms. The lowest BCUT2D eigenvalue weighted by Gasteiger charge is -2.32. The number of carbonyl (C=O) groups excluding carboxylic acids is 1. The van der Waals surface area contributed by atoms with E-state index in [1.807, 2.05) is 18.2 Å². The fourth-order valence-electron chi connectivity index (χ4n) is 2.91. The Labute approximate surface area is 150 Å². The zero-order chi connectivity index (χ0) is 17.8. The first-order valence-corrected chi connectivity index (χ1v) is 8.34. The topological polar surface area (TPSA) is 81.1 Å². The second kappa shape index (κ2) is 7.37. The number of nitrogens with zero attached hydrogens (tertiary/aromatic N) is 5. The average Bonchev–Trinajstić information content (AvgIpc) is 2.75. The number of carbonyl (C=O) groups is 1. The van der Waals surface area contributed by atoms with Crippen molar-refractivity contribution in [2.75, 3.05) is 19.7 Å². The first-order chi connectivity index (χ1) is 12.8. The van der Waals surface area contributed by atoms with Crippen molar-refractivity contribution in [3.8, 4) is 11.3 Å². The van der Waals surface area contributed by atoms with Gasteiger partial charge in [-0.05, 0) is 24.3 Å². The maximum Gasteiger partial charge on any atom is 0.254 e. The van der Waals surface area contributed by atoms with E-state index in [0.717, 1.165) is 17.0 Å². The Hall–Kier alpha value is -3.19. The second-order valence-corrected chi connectivity index (χ2v) is 5.92. The summed E-state index contributed by atoms with van der Waals surface area (Å²) in [6.45, 7) is 1.49. The van der Waals surface area contributed by atoms with Gasteiger partial charge in [0.25, 0.3) is 5.91 Å². The van der Waals surface area contributed by atoms with Gasteiger partial charge < -0.3 is 9.64 Å². The molecule has 4 heterocycles. The normalized spacial score (nSPS) is 17.1. The Bertz CT molecular complexity index is 889. The number of morpholine rings is 1. The van der Waals surface area contributed by atoms with Gasteiger partial charge in [-0.15, -0.1) is 0 Å².